The van der Waals surface area contributed by atoms with E-state index in [9.17, 15) is 13.2 Å². The Labute approximate surface area is 255 Å². The Balaban J connectivity index is 1.56. The smallest absolute Gasteiger partial charge is 0.264 e. The van der Waals surface area contributed by atoms with Crippen molar-refractivity contribution < 1.29 is 22.7 Å². The van der Waals surface area contributed by atoms with Crippen molar-refractivity contribution in [1.82, 2.24) is 4.72 Å². The van der Waals surface area contributed by atoms with Crippen molar-refractivity contribution >= 4 is 33.2 Å². The number of nitrogens with zero attached hydrogens (tertiary/aromatic N) is 1. The number of carbonyl (C=O) groups excluding carboxylic acids is 1. The molecule has 2 aromatic carbocycles. The second-order valence-corrected chi connectivity index (χ2v) is 14.8. The molecule has 2 aliphatic heterocycles. The predicted molar refractivity (Wildman–Crippen MR) is 168 cm³/mol. The van der Waals surface area contributed by atoms with Gasteiger partial charge >= 0.3 is 0 Å². The molecule has 2 heterocycles. The zero-order chi connectivity index (χ0) is 30.0. The van der Waals surface area contributed by atoms with Crippen LogP contribution < -0.4 is 14.4 Å². The van der Waals surface area contributed by atoms with Gasteiger partial charge in [-0.05, 0) is 104 Å². The molecule has 1 amide bonds. The number of sulfonamides is 1. The number of aryl methyl sites for hydroxylation is 1. The van der Waals surface area contributed by atoms with E-state index in [2.05, 4.69) is 22.6 Å². The Bertz CT molecular complexity index is 1430. The highest BCUT2D eigenvalue weighted by atomic mass is 35.5. The van der Waals surface area contributed by atoms with Gasteiger partial charge in [-0.1, -0.05) is 43.7 Å². The SMILES string of the molecule is CO[C@H]1/C=C\C[C@H](C)[C@@H](C)S(=O)(=O)NC(=O)c2ccc3c(c2)N(CCCCc2cc(Cl)ccc2CO3)C[C@H]2[C@H]1C[C@H]2C. The van der Waals surface area contributed by atoms with Crippen LogP contribution in [-0.4, -0.2) is 45.9 Å². The quantitative estimate of drug-likeness (QED) is 0.375. The summed E-state index contributed by atoms with van der Waals surface area (Å²) in [4.78, 5) is 15.7. The minimum Gasteiger partial charge on any atom is -0.487 e. The lowest BCUT2D eigenvalue weighted by Crippen LogP contribution is -2.48. The number of fused-ring (bicyclic) bond motifs is 3. The summed E-state index contributed by atoms with van der Waals surface area (Å²) in [5, 5.41) is -0.0269. The Morgan fingerprint density at radius 1 is 1.02 bits per heavy atom. The fraction of sp³-hybridized carbons (Fsp3) is 0.545. The van der Waals surface area contributed by atoms with Gasteiger partial charge in [0.2, 0.25) is 10.0 Å². The molecule has 7 nitrogen and oxygen atoms in total. The Morgan fingerprint density at radius 3 is 2.60 bits per heavy atom. The molecule has 1 fully saturated rings. The van der Waals surface area contributed by atoms with Gasteiger partial charge in [0, 0.05) is 30.8 Å². The van der Waals surface area contributed by atoms with Crippen LogP contribution in [0.2, 0.25) is 5.02 Å². The molecule has 42 heavy (non-hydrogen) atoms. The molecule has 9 heteroatoms. The summed E-state index contributed by atoms with van der Waals surface area (Å²) in [6.07, 6.45) is 8.61. The van der Waals surface area contributed by atoms with Gasteiger partial charge in [-0.25, -0.2) is 13.1 Å². The van der Waals surface area contributed by atoms with Crippen LogP contribution in [-0.2, 0) is 27.8 Å². The predicted octanol–water partition coefficient (Wildman–Crippen LogP) is 6.39. The molecule has 0 radical (unpaired) electrons. The fourth-order valence-electron chi connectivity index (χ4n) is 6.63. The van der Waals surface area contributed by atoms with Crippen LogP contribution in [0.3, 0.4) is 0 Å². The lowest BCUT2D eigenvalue weighted by Gasteiger charge is -2.48. The number of methoxy groups -OCH3 is 1. The average Bonchev–Trinajstić information content (AvgIpc) is 2.99. The number of hydrogen-bond acceptors (Lipinski definition) is 6. The molecule has 5 rings (SSSR count). The van der Waals surface area contributed by atoms with Crippen molar-refractivity contribution in [1.29, 1.82) is 0 Å². The maximum atomic E-state index is 13.4. The van der Waals surface area contributed by atoms with Crippen LogP contribution in [0.1, 0.15) is 67.9 Å². The van der Waals surface area contributed by atoms with E-state index < -0.39 is 21.2 Å². The third-order valence-electron chi connectivity index (χ3n) is 9.65. The summed E-state index contributed by atoms with van der Waals surface area (Å²) in [7, 11) is -2.13. The molecule has 0 spiro atoms. The first-order valence-corrected chi connectivity index (χ1v) is 17.0. The third kappa shape index (κ3) is 6.66. The Kier molecular flexibility index (Phi) is 9.55. The van der Waals surface area contributed by atoms with Gasteiger partial charge in [0.25, 0.3) is 5.91 Å². The van der Waals surface area contributed by atoms with Gasteiger partial charge < -0.3 is 14.4 Å². The van der Waals surface area contributed by atoms with Gasteiger partial charge in [-0.2, -0.15) is 0 Å². The molecular weight excluding hydrogens is 572 g/mol. The second kappa shape index (κ2) is 13.0. The first-order valence-electron chi connectivity index (χ1n) is 15.1. The number of anilines is 1. The van der Waals surface area contributed by atoms with Gasteiger partial charge in [-0.3, -0.25) is 4.79 Å². The number of rotatable bonds is 1. The Hall–Kier alpha value is -2.55. The van der Waals surface area contributed by atoms with Crippen LogP contribution in [0.5, 0.6) is 5.75 Å². The lowest BCUT2D eigenvalue weighted by molar-refractivity contribution is -0.0227. The van der Waals surface area contributed by atoms with Crippen LogP contribution in [0.4, 0.5) is 5.69 Å². The number of benzene rings is 2. The monoisotopic (exact) mass is 614 g/mol. The fourth-order valence-corrected chi connectivity index (χ4v) is 8.11. The Morgan fingerprint density at radius 2 is 1.83 bits per heavy atom. The van der Waals surface area contributed by atoms with E-state index in [0.717, 1.165) is 55.0 Å². The summed E-state index contributed by atoms with van der Waals surface area (Å²) in [5.41, 5.74) is 3.39. The highest BCUT2D eigenvalue weighted by molar-refractivity contribution is 7.90. The summed E-state index contributed by atoms with van der Waals surface area (Å²) < 4.78 is 41.2. The van der Waals surface area contributed by atoms with Crippen LogP contribution in [0.15, 0.2) is 48.6 Å². The number of ether oxygens (including phenoxy) is 2. The van der Waals surface area contributed by atoms with E-state index in [1.807, 2.05) is 31.2 Å². The third-order valence-corrected chi connectivity index (χ3v) is 11.8. The zero-order valence-corrected chi connectivity index (χ0v) is 26.6. The lowest BCUT2D eigenvalue weighted by atomic mass is 9.63. The topological polar surface area (TPSA) is 84.9 Å². The molecular formula is C33H43ClN2O5S. The van der Waals surface area contributed by atoms with Crippen molar-refractivity contribution in [2.75, 3.05) is 25.1 Å². The zero-order valence-electron chi connectivity index (χ0n) is 25.0. The summed E-state index contributed by atoms with van der Waals surface area (Å²) >= 11 is 6.33. The number of nitrogens with one attached hydrogen (secondary N) is 1. The van der Waals surface area contributed by atoms with Crippen molar-refractivity contribution in [3.05, 3.63) is 70.3 Å². The molecule has 2 aromatic rings. The van der Waals surface area contributed by atoms with Crippen molar-refractivity contribution in [2.45, 2.75) is 70.8 Å². The average molecular weight is 615 g/mol. The van der Waals surface area contributed by atoms with Crippen LogP contribution in [0, 0.1) is 23.7 Å². The minimum atomic E-state index is -3.89. The van der Waals surface area contributed by atoms with E-state index in [0.29, 0.717) is 42.1 Å². The molecule has 1 aliphatic carbocycles. The number of carbonyl (C=O) groups is 1. The first-order chi connectivity index (χ1) is 20.1. The normalized spacial score (nSPS) is 30.8. The number of allylic oxidation sites excluding steroid dienone is 1. The number of halogens is 1. The summed E-state index contributed by atoms with van der Waals surface area (Å²) in [6.45, 7) is 7.82. The minimum absolute atomic E-state index is 0.0387. The van der Waals surface area contributed by atoms with E-state index in [1.165, 1.54) is 5.56 Å². The van der Waals surface area contributed by atoms with Crippen LogP contribution in [0.25, 0.3) is 0 Å². The highest BCUT2D eigenvalue weighted by Gasteiger charge is 2.43. The van der Waals surface area contributed by atoms with E-state index in [1.54, 1.807) is 32.2 Å². The van der Waals surface area contributed by atoms with Crippen molar-refractivity contribution in [3.8, 4) is 5.75 Å². The second-order valence-electron chi connectivity index (χ2n) is 12.4. The molecule has 1 N–H and O–H groups in total. The molecule has 1 saturated carbocycles. The molecule has 0 saturated heterocycles. The summed E-state index contributed by atoms with van der Waals surface area (Å²) in [5.74, 6) is 1.16. The first kappa shape index (κ1) is 30.9. The number of amides is 1. The largest absolute Gasteiger partial charge is 0.487 e. The molecule has 6 atom stereocenters. The molecule has 2 bridgehead atoms. The van der Waals surface area contributed by atoms with Crippen LogP contribution >= 0.6 is 11.6 Å². The van der Waals surface area contributed by atoms with Gasteiger partial charge in [0.05, 0.1) is 17.0 Å². The van der Waals surface area contributed by atoms with Crippen molar-refractivity contribution in [2.24, 2.45) is 23.7 Å². The maximum absolute atomic E-state index is 13.4. The van der Waals surface area contributed by atoms with E-state index in [4.69, 9.17) is 21.1 Å². The molecule has 0 aromatic heterocycles. The highest BCUT2D eigenvalue weighted by Crippen LogP contribution is 2.45. The van der Waals surface area contributed by atoms with E-state index in [-0.39, 0.29) is 12.0 Å². The maximum Gasteiger partial charge on any atom is 0.264 e. The van der Waals surface area contributed by atoms with Gasteiger partial charge in [-0.15, -0.1) is 0 Å². The van der Waals surface area contributed by atoms with E-state index >= 15 is 0 Å². The molecule has 228 valence electrons. The van der Waals surface area contributed by atoms with Gasteiger partial charge in [0.1, 0.15) is 12.4 Å². The molecule has 0 unspecified atom stereocenters. The van der Waals surface area contributed by atoms with Gasteiger partial charge in [0.15, 0.2) is 0 Å². The molecule has 3 aliphatic rings. The summed E-state index contributed by atoms with van der Waals surface area (Å²) in [6, 6.07) is 11.2. The number of hydrogen-bond donors (Lipinski definition) is 1. The van der Waals surface area contributed by atoms with Crippen molar-refractivity contribution in [3.63, 3.8) is 0 Å². The standard InChI is InChI=1S/C33H43ClN2O5S/c1-21-8-7-10-31(40-4)28-16-22(2)29(28)19-36-15-6-5-9-24-17-27(34)13-11-26(24)20-41-32-14-12-25(18-30(32)36)33(37)35-42(38,39)23(21)3/h7,10-14,17-18,21-23,28-29,31H,5-6,8-9,15-16,19-20H2,1-4H3,(H,35,37)/b10-7-/t21-,22+,23+,28+,29+,31-/m0/s1.